The highest BCUT2D eigenvalue weighted by molar-refractivity contribution is 5.94. The van der Waals surface area contributed by atoms with Gasteiger partial charge in [-0.25, -0.2) is 14.5 Å². The van der Waals surface area contributed by atoms with Crippen molar-refractivity contribution in [3.63, 3.8) is 0 Å². The third-order valence-corrected chi connectivity index (χ3v) is 2.39. The van der Waals surface area contributed by atoms with Gasteiger partial charge in [-0.15, -0.1) is 0 Å². The van der Waals surface area contributed by atoms with Crippen LogP contribution in [0.3, 0.4) is 0 Å². The predicted molar refractivity (Wildman–Crippen MR) is 58.8 cm³/mol. The summed E-state index contributed by atoms with van der Waals surface area (Å²) in [5, 5.41) is 5.27. The third-order valence-electron chi connectivity index (χ3n) is 2.39. The van der Waals surface area contributed by atoms with Gasteiger partial charge in [0.25, 0.3) is 0 Å². The first-order valence-corrected chi connectivity index (χ1v) is 5.14. The maximum absolute atomic E-state index is 11.6. The lowest BCUT2D eigenvalue weighted by atomic mass is 10.2. The summed E-state index contributed by atoms with van der Waals surface area (Å²) in [6.45, 7) is 1.39. The van der Waals surface area contributed by atoms with E-state index in [0.29, 0.717) is 19.6 Å². The molecule has 4 amide bonds. The minimum absolute atomic E-state index is 0.328. The number of imide groups is 1. The molecule has 5 nitrogen and oxygen atoms in total. The van der Waals surface area contributed by atoms with Crippen LogP contribution < -0.4 is 10.6 Å². The number of urea groups is 2. The number of amides is 4. The van der Waals surface area contributed by atoms with Crippen molar-refractivity contribution in [3.05, 3.63) is 35.9 Å². The summed E-state index contributed by atoms with van der Waals surface area (Å²) in [6.07, 6.45) is 0. The topological polar surface area (TPSA) is 61.4 Å². The van der Waals surface area contributed by atoms with Crippen LogP contribution in [0.15, 0.2) is 30.3 Å². The van der Waals surface area contributed by atoms with Crippen LogP contribution in [0.4, 0.5) is 9.59 Å². The minimum atomic E-state index is -0.348. The van der Waals surface area contributed by atoms with Crippen LogP contribution in [-0.4, -0.2) is 30.1 Å². The normalized spacial score (nSPS) is 14.8. The maximum atomic E-state index is 11.6. The van der Waals surface area contributed by atoms with Gasteiger partial charge in [0.05, 0.1) is 0 Å². The highest BCUT2D eigenvalue weighted by atomic mass is 16.2. The van der Waals surface area contributed by atoms with E-state index in [4.69, 9.17) is 0 Å². The first-order chi connectivity index (χ1) is 7.77. The number of benzene rings is 1. The highest BCUT2D eigenvalue weighted by Gasteiger charge is 2.25. The number of rotatable bonds is 2. The number of nitrogens with zero attached hydrogens (tertiary/aromatic N) is 1. The Labute approximate surface area is 93.4 Å². The summed E-state index contributed by atoms with van der Waals surface area (Å²) in [4.78, 5) is 23.9. The van der Waals surface area contributed by atoms with E-state index in [1.165, 1.54) is 4.90 Å². The van der Waals surface area contributed by atoms with E-state index in [9.17, 15) is 9.59 Å². The molecule has 1 fully saturated rings. The summed E-state index contributed by atoms with van der Waals surface area (Å²) >= 11 is 0. The Morgan fingerprint density at radius 2 is 2.12 bits per heavy atom. The Morgan fingerprint density at radius 3 is 2.75 bits per heavy atom. The lowest BCUT2D eigenvalue weighted by Crippen LogP contribution is -2.41. The van der Waals surface area contributed by atoms with Gasteiger partial charge in [0, 0.05) is 19.6 Å². The van der Waals surface area contributed by atoms with E-state index in [1.54, 1.807) is 0 Å². The quantitative estimate of drug-likeness (QED) is 0.777. The zero-order chi connectivity index (χ0) is 11.4. The van der Waals surface area contributed by atoms with E-state index in [2.05, 4.69) is 10.6 Å². The second-order valence-corrected chi connectivity index (χ2v) is 3.53. The van der Waals surface area contributed by atoms with Crippen LogP contribution in [-0.2, 0) is 6.54 Å². The molecule has 0 spiro atoms. The van der Waals surface area contributed by atoms with Gasteiger partial charge in [0.2, 0.25) is 0 Å². The van der Waals surface area contributed by atoms with Crippen LogP contribution in [0.2, 0.25) is 0 Å². The summed E-state index contributed by atoms with van der Waals surface area (Å²) in [5.74, 6) is 0. The molecule has 1 aliphatic heterocycles. The van der Waals surface area contributed by atoms with Crippen molar-refractivity contribution >= 4 is 12.1 Å². The number of hydrogen-bond donors (Lipinski definition) is 2. The predicted octanol–water partition coefficient (Wildman–Crippen LogP) is 0.921. The average molecular weight is 219 g/mol. The largest absolute Gasteiger partial charge is 0.336 e. The average Bonchev–Trinajstić information content (AvgIpc) is 2.74. The van der Waals surface area contributed by atoms with E-state index in [-0.39, 0.29) is 12.1 Å². The molecule has 0 aliphatic carbocycles. The monoisotopic (exact) mass is 219 g/mol. The van der Waals surface area contributed by atoms with Gasteiger partial charge in [-0.1, -0.05) is 30.3 Å². The van der Waals surface area contributed by atoms with Crippen LogP contribution >= 0.6 is 0 Å². The van der Waals surface area contributed by atoms with Crippen molar-refractivity contribution in [3.8, 4) is 0 Å². The summed E-state index contributed by atoms with van der Waals surface area (Å²) in [7, 11) is 0. The van der Waals surface area contributed by atoms with Gasteiger partial charge in [-0.3, -0.25) is 0 Å². The number of carbonyl (C=O) groups excluding carboxylic acids is 2. The van der Waals surface area contributed by atoms with Crippen LogP contribution in [0.25, 0.3) is 0 Å². The van der Waals surface area contributed by atoms with E-state index >= 15 is 0 Å². The number of hydrogen-bond acceptors (Lipinski definition) is 2. The molecule has 0 atom stereocenters. The molecule has 0 unspecified atom stereocenters. The molecular formula is C11H13N3O2. The van der Waals surface area contributed by atoms with Gasteiger partial charge in [-0.05, 0) is 5.56 Å². The number of nitrogens with one attached hydrogen (secondary N) is 2. The van der Waals surface area contributed by atoms with Crippen molar-refractivity contribution < 1.29 is 9.59 Å². The molecule has 5 heteroatoms. The van der Waals surface area contributed by atoms with E-state index < -0.39 is 0 Å². The lowest BCUT2D eigenvalue weighted by molar-refractivity contribution is 0.198. The summed E-state index contributed by atoms with van der Waals surface area (Å²) < 4.78 is 0. The molecule has 0 saturated carbocycles. The van der Waals surface area contributed by atoms with Crippen molar-refractivity contribution in [2.24, 2.45) is 0 Å². The third kappa shape index (κ3) is 2.31. The molecule has 1 aliphatic rings. The fourth-order valence-corrected chi connectivity index (χ4v) is 1.53. The van der Waals surface area contributed by atoms with Crippen LogP contribution in [0.5, 0.6) is 0 Å². The second-order valence-electron chi connectivity index (χ2n) is 3.53. The van der Waals surface area contributed by atoms with Crippen molar-refractivity contribution in [1.29, 1.82) is 0 Å². The van der Waals surface area contributed by atoms with E-state index in [1.807, 2.05) is 30.3 Å². The first kappa shape index (κ1) is 10.5. The lowest BCUT2D eigenvalue weighted by Gasteiger charge is -2.13. The standard InChI is InChI=1S/C11H13N3O2/c15-10-12-6-7-14(10)11(16)13-8-9-4-2-1-3-5-9/h1-5H,6-8H2,(H,12,15)(H,13,16). The number of carbonyl (C=O) groups is 2. The smallest absolute Gasteiger partial charge is 0.325 e. The minimum Gasteiger partial charge on any atom is -0.336 e. The zero-order valence-corrected chi connectivity index (χ0v) is 8.77. The Kier molecular flexibility index (Phi) is 3.05. The molecule has 2 rings (SSSR count). The maximum Gasteiger partial charge on any atom is 0.325 e. The molecule has 0 aromatic heterocycles. The fraction of sp³-hybridized carbons (Fsp3) is 0.273. The molecule has 1 aromatic rings. The molecule has 2 N–H and O–H groups in total. The zero-order valence-electron chi connectivity index (χ0n) is 8.77. The molecule has 84 valence electrons. The van der Waals surface area contributed by atoms with Gasteiger partial charge >= 0.3 is 12.1 Å². The van der Waals surface area contributed by atoms with Crippen LogP contribution in [0.1, 0.15) is 5.56 Å². The van der Waals surface area contributed by atoms with Crippen molar-refractivity contribution in [2.75, 3.05) is 13.1 Å². The molecule has 0 radical (unpaired) electrons. The SMILES string of the molecule is O=C1NCCN1C(=O)NCc1ccccc1. The molecule has 1 heterocycles. The van der Waals surface area contributed by atoms with Gasteiger partial charge < -0.3 is 10.6 Å². The summed E-state index contributed by atoms with van der Waals surface area (Å²) in [6, 6.07) is 8.89. The van der Waals surface area contributed by atoms with Gasteiger partial charge in [0.1, 0.15) is 0 Å². The molecule has 1 aromatic carbocycles. The van der Waals surface area contributed by atoms with Crippen molar-refractivity contribution in [1.82, 2.24) is 15.5 Å². The fourth-order valence-electron chi connectivity index (χ4n) is 1.53. The first-order valence-electron chi connectivity index (χ1n) is 5.14. The Hall–Kier alpha value is -2.04. The molecule has 0 bridgehead atoms. The Balaban J connectivity index is 1.86. The van der Waals surface area contributed by atoms with Gasteiger partial charge in [0.15, 0.2) is 0 Å². The molecule has 16 heavy (non-hydrogen) atoms. The second kappa shape index (κ2) is 4.65. The Bertz CT molecular complexity index is 391. The summed E-state index contributed by atoms with van der Waals surface area (Å²) in [5.41, 5.74) is 1.01. The Morgan fingerprint density at radius 1 is 1.38 bits per heavy atom. The van der Waals surface area contributed by atoms with E-state index in [0.717, 1.165) is 5.56 Å². The van der Waals surface area contributed by atoms with Crippen LogP contribution in [0, 0.1) is 0 Å². The molecular weight excluding hydrogens is 206 g/mol. The van der Waals surface area contributed by atoms with Gasteiger partial charge in [-0.2, -0.15) is 0 Å². The van der Waals surface area contributed by atoms with Crippen molar-refractivity contribution in [2.45, 2.75) is 6.54 Å². The highest BCUT2D eigenvalue weighted by Crippen LogP contribution is 2.00. The molecule has 1 saturated heterocycles.